The number of aliphatic hydroxyl groups is 1. The third-order valence-electron chi connectivity index (χ3n) is 5.25. The van der Waals surface area contributed by atoms with Gasteiger partial charge in [0.2, 0.25) is 0 Å². The summed E-state index contributed by atoms with van der Waals surface area (Å²) >= 11 is 0. The van der Waals surface area contributed by atoms with Crippen molar-refractivity contribution in [1.82, 2.24) is 4.57 Å². The molecule has 2 N–H and O–H groups in total. The van der Waals surface area contributed by atoms with Crippen molar-refractivity contribution in [2.45, 2.75) is 70.8 Å². The molecule has 4 nitrogen and oxygen atoms in total. The van der Waals surface area contributed by atoms with E-state index in [-0.39, 0.29) is 6.42 Å². The first-order chi connectivity index (χ1) is 14.0. The highest BCUT2D eigenvalue weighted by Crippen LogP contribution is 2.29. The molecule has 4 heteroatoms. The minimum atomic E-state index is -0.820. The molecule has 2 aromatic rings. The molecule has 0 spiro atoms. The quantitative estimate of drug-likeness (QED) is 0.387. The van der Waals surface area contributed by atoms with Crippen LogP contribution in [0.4, 0.5) is 0 Å². The predicted molar refractivity (Wildman–Crippen MR) is 120 cm³/mol. The van der Waals surface area contributed by atoms with Crippen molar-refractivity contribution in [2.75, 3.05) is 0 Å². The normalized spacial score (nSPS) is 12.5. The van der Waals surface area contributed by atoms with Gasteiger partial charge in [0.05, 0.1) is 6.10 Å². The van der Waals surface area contributed by atoms with Crippen molar-refractivity contribution >= 4 is 12.0 Å². The molecule has 0 saturated carbocycles. The van der Waals surface area contributed by atoms with Gasteiger partial charge in [-0.05, 0) is 60.1 Å². The Morgan fingerprint density at radius 1 is 1.10 bits per heavy atom. The zero-order valence-corrected chi connectivity index (χ0v) is 17.8. The second-order valence-corrected chi connectivity index (χ2v) is 7.82. The number of carboxylic acids is 1. The fraction of sp³-hybridized carbons (Fsp3) is 0.480. The number of benzene rings is 1. The maximum atomic E-state index is 10.8. The van der Waals surface area contributed by atoms with Crippen molar-refractivity contribution in [3.8, 4) is 11.1 Å². The summed E-state index contributed by atoms with van der Waals surface area (Å²) in [4.78, 5) is 10.8. The highest BCUT2D eigenvalue weighted by atomic mass is 16.4. The summed E-state index contributed by atoms with van der Waals surface area (Å²) < 4.78 is 2.02. The standard InChI is InChI=1S/C25H35NO3/c1-3-4-5-6-7-8-9-11-21-18-20(22-16-17-26(2)19-22)14-15-23(21)24(27)12-10-13-25(28)29/h9,11,14-19,24,27H,3-8,10,12-13H2,1-2H3,(H,28,29)/b11-9+. The molecule has 1 heterocycles. The van der Waals surface area contributed by atoms with E-state index in [0.29, 0.717) is 12.8 Å². The van der Waals surface area contributed by atoms with Gasteiger partial charge in [-0.3, -0.25) is 4.79 Å². The SMILES string of the molecule is CCCCCCC/C=C/c1cc(-c2ccn(C)c2)ccc1C(O)CCCC(=O)O. The number of hydrogen-bond acceptors (Lipinski definition) is 2. The first-order valence-electron chi connectivity index (χ1n) is 10.8. The van der Waals surface area contributed by atoms with Gasteiger partial charge >= 0.3 is 5.97 Å². The van der Waals surface area contributed by atoms with Crippen molar-refractivity contribution in [1.29, 1.82) is 0 Å². The molecule has 0 radical (unpaired) electrons. The lowest BCUT2D eigenvalue weighted by molar-refractivity contribution is -0.137. The summed E-state index contributed by atoms with van der Waals surface area (Å²) in [6, 6.07) is 8.22. The Hall–Kier alpha value is -2.33. The molecule has 0 bridgehead atoms. The van der Waals surface area contributed by atoms with Gasteiger partial charge in [-0.1, -0.05) is 56.9 Å². The molecule has 1 aromatic heterocycles. The number of carbonyl (C=O) groups is 1. The van der Waals surface area contributed by atoms with Crippen LogP contribution in [-0.2, 0) is 11.8 Å². The maximum absolute atomic E-state index is 10.8. The van der Waals surface area contributed by atoms with Crippen molar-refractivity contribution in [3.63, 3.8) is 0 Å². The zero-order valence-electron chi connectivity index (χ0n) is 17.8. The van der Waals surface area contributed by atoms with E-state index in [0.717, 1.165) is 28.7 Å². The molecule has 158 valence electrons. The Morgan fingerprint density at radius 2 is 1.90 bits per heavy atom. The fourth-order valence-electron chi connectivity index (χ4n) is 3.55. The molecular formula is C25H35NO3. The second kappa shape index (κ2) is 12.3. The Bertz CT molecular complexity index is 791. The molecule has 29 heavy (non-hydrogen) atoms. The summed E-state index contributed by atoms with van der Waals surface area (Å²) in [5, 5.41) is 19.5. The van der Waals surface area contributed by atoms with Gasteiger partial charge in [-0.25, -0.2) is 0 Å². The summed E-state index contributed by atoms with van der Waals surface area (Å²) in [6.07, 6.45) is 16.1. The van der Waals surface area contributed by atoms with Crippen LogP contribution in [0.5, 0.6) is 0 Å². The van der Waals surface area contributed by atoms with Crippen LogP contribution in [0.2, 0.25) is 0 Å². The van der Waals surface area contributed by atoms with E-state index in [4.69, 9.17) is 5.11 Å². The molecule has 1 unspecified atom stereocenters. The van der Waals surface area contributed by atoms with Crippen LogP contribution in [0.1, 0.15) is 81.9 Å². The van der Waals surface area contributed by atoms with Crippen LogP contribution in [0.25, 0.3) is 17.2 Å². The third-order valence-corrected chi connectivity index (χ3v) is 5.25. The van der Waals surface area contributed by atoms with Crippen LogP contribution < -0.4 is 0 Å². The average molecular weight is 398 g/mol. The highest BCUT2D eigenvalue weighted by molar-refractivity contribution is 5.69. The summed E-state index contributed by atoms with van der Waals surface area (Å²) in [5.74, 6) is -0.820. The molecule has 0 fully saturated rings. The van der Waals surface area contributed by atoms with Gasteiger partial charge in [-0.15, -0.1) is 0 Å². The molecule has 1 atom stereocenters. The minimum Gasteiger partial charge on any atom is -0.481 e. The average Bonchev–Trinajstić information content (AvgIpc) is 3.13. The lowest BCUT2D eigenvalue weighted by Crippen LogP contribution is -2.02. The minimum absolute atomic E-state index is 0.0854. The number of allylic oxidation sites excluding steroid dienone is 1. The number of aryl methyl sites for hydroxylation is 1. The molecule has 1 aromatic carbocycles. The van der Waals surface area contributed by atoms with E-state index in [2.05, 4.69) is 37.4 Å². The largest absolute Gasteiger partial charge is 0.481 e. The Balaban J connectivity index is 2.12. The van der Waals surface area contributed by atoms with Crippen LogP contribution >= 0.6 is 0 Å². The van der Waals surface area contributed by atoms with E-state index in [1.807, 2.05) is 29.9 Å². The van der Waals surface area contributed by atoms with Gasteiger partial charge in [0.25, 0.3) is 0 Å². The summed E-state index contributed by atoms with van der Waals surface area (Å²) in [6.45, 7) is 2.23. The van der Waals surface area contributed by atoms with Gasteiger partial charge in [0.15, 0.2) is 0 Å². The number of nitrogens with zero attached hydrogens (tertiary/aromatic N) is 1. The van der Waals surface area contributed by atoms with E-state index in [1.54, 1.807) is 0 Å². The van der Waals surface area contributed by atoms with Crippen LogP contribution in [0, 0.1) is 0 Å². The van der Waals surface area contributed by atoms with Gasteiger partial charge in [-0.2, -0.15) is 0 Å². The highest BCUT2D eigenvalue weighted by Gasteiger charge is 2.13. The second-order valence-electron chi connectivity index (χ2n) is 7.82. The smallest absolute Gasteiger partial charge is 0.303 e. The Labute approximate surface area is 174 Å². The van der Waals surface area contributed by atoms with E-state index >= 15 is 0 Å². The number of aliphatic carboxylic acids is 1. The first kappa shape index (κ1) is 23.0. The lowest BCUT2D eigenvalue weighted by atomic mass is 9.94. The Kier molecular flexibility index (Phi) is 9.72. The molecule has 2 rings (SSSR count). The number of aliphatic hydroxyl groups excluding tert-OH is 1. The summed E-state index contributed by atoms with van der Waals surface area (Å²) in [7, 11) is 2.00. The number of hydrogen-bond donors (Lipinski definition) is 2. The first-order valence-corrected chi connectivity index (χ1v) is 10.8. The Morgan fingerprint density at radius 3 is 2.59 bits per heavy atom. The van der Waals surface area contributed by atoms with Gasteiger partial charge in [0.1, 0.15) is 0 Å². The van der Waals surface area contributed by atoms with Crippen LogP contribution in [0.3, 0.4) is 0 Å². The van der Waals surface area contributed by atoms with Gasteiger partial charge < -0.3 is 14.8 Å². The number of carboxylic acid groups (broad SMARTS) is 1. The van der Waals surface area contributed by atoms with Crippen molar-refractivity contribution < 1.29 is 15.0 Å². The van der Waals surface area contributed by atoms with Crippen molar-refractivity contribution in [2.24, 2.45) is 7.05 Å². The molecule has 0 aliphatic rings. The van der Waals surface area contributed by atoms with E-state index in [1.165, 1.54) is 32.1 Å². The molecule has 0 saturated heterocycles. The van der Waals surface area contributed by atoms with Crippen molar-refractivity contribution in [3.05, 3.63) is 53.9 Å². The molecular weight excluding hydrogens is 362 g/mol. The zero-order chi connectivity index (χ0) is 21.1. The maximum Gasteiger partial charge on any atom is 0.303 e. The molecule has 0 aliphatic heterocycles. The number of rotatable bonds is 13. The molecule has 0 amide bonds. The number of unbranched alkanes of at least 4 members (excludes halogenated alkanes) is 5. The third kappa shape index (κ3) is 7.90. The van der Waals surface area contributed by atoms with Gasteiger partial charge in [0, 0.05) is 25.9 Å². The van der Waals surface area contributed by atoms with Crippen LogP contribution in [0.15, 0.2) is 42.7 Å². The monoisotopic (exact) mass is 397 g/mol. The molecule has 0 aliphatic carbocycles. The number of aromatic nitrogens is 1. The summed E-state index contributed by atoms with van der Waals surface area (Å²) in [5.41, 5.74) is 4.16. The van der Waals surface area contributed by atoms with Crippen LogP contribution in [-0.4, -0.2) is 20.7 Å². The van der Waals surface area contributed by atoms with E-state index < -0.39 is 12.1 Å². The lowest BCUT2D eigenvalue weighted by Gasteiger charge is -2.15. The fourth-order valence-corrected chi connectivity index (χ4v) is 3.55. The predicted octanol–water partition coefficient (Wildman–Crippen LogP) is 6.35. The van der Waals surface area contributed by atoms with E-state index in [9.17, 15) is 9.90 Å². The topological polar surface area (TPSA) is 62.5 Å².